The largest absolute Gasteiger partial charge is 0.488 e. The van der Waals surface area contributed by atoms with E-state index in [1.807, 2.05) is 12.1 Å². The Morgan fingerprint density at radius 1 is 1.11 bits per heavy atom. The van der Waals surface area contributed by atoms with E-state index in [0.29, 0.717) is 6.61 Å². The number of rotatable bonds is 1. The highest BCUT2D eigenvalue weighted by molar-refractivity contribution is 5.87. The molecule has 1 aromatic carbocycles. The smallest absolute Gasteiger partial charge is 0.127 e. The minimum absolute atomic E-state index is 0.647. The summed E-state index contributed by atoms with van der Waals surface area (Å²) in [4.78, 5) is 0. The van der Waals surface area contributed by atoms with Gasteiger partial charge in [0.05, 0.1) is 0 Å². The standard InChI is InChI=1S/C17H20O/c1-4-9-15-14(6-3)13(5-2)12-18-17-11-8-7-10-16(15)17/h5-11H,4,12H2,1-3H3/b13-5-,14-6+,15-9?. The predicted molar refractivity (Wildman–Crippen MR) is 77.7 cm³/mol. The monoisotopic (exact) mass is 240 g/mol. The van der Waals surface area contributed by atoms with Gasteiger partial charge in [-0.05, 0) is 43.1 Å². The second-order valence-electron chi connectivity index (χ2n) is 4.33. The Hall–Kier alpha value is -1.76. The van der Waals surface area contributed by atoms with Crippen LogP contribution in [0.5, 0.6) is 5.75 Å². The summed E-state index contributed by atoms with van der Waals surface area (Å²) in [5.74, 6) is 0.980. The number of ether oxygens (including phenoxy) is 1. The van der Waals surface area contributed by atoms with Gasteiger partial charge >= 0.3 is 0 Å². The van der Waals surface area contributed by atoms with Gasteiger partial charge in [0.15, 0.2) is 0 Å². The van der Waals surface area contributed by atoms with E-state index < -0.39 is 0 Å². The average Bonchev–Trinajstić information content (AvgIpc) is 2.56. The molecule has 0 saturated carbocycles. The number of para-hydroxylation sites is 1. The van der Waals surface area contributed by atoms with Crippen molar-refractivity contribution in [3.8, 4) is 5.75 Å². The Kier molecular flexibility index (Phi) is 4.03. The quantitative estimate of drug-likeness (QED) is 0.687. The lowest BCUT2D eigenvalue weighted by Gasteiger charge is -2.11. The van der Waals surface area contributed by atoms with Gasteiger partial charge in [-0.1, -0.05) is 43.4 Å². The summed E-state index contributed by atoms with van der Waals surface area (Å²) in [6.07, 6.45) is 7.64. The van der Waals surface area contributed by atoms with Crippen LogP contribution in [0.4, 0.5) is 0 Å². The normalized spacial score (nSPS) is 21.8. The maximum Gasteiger partial charge on any atom is 0.127 e. The number of benzene rings is 1. The van der Waals surface area contributed by atoms with Crippen LogP contribution in [0.1, 0.15) is 32.8 Å². The summed E-state index contributed by atoms with van der Waals surface area (Å²) in [6.45, 7) is 6.98. The van der Waals surface area contributed by atoms with Crippen LogP contribution in [0.15, 0.2) is 53.6 Å². The van der Waals surface area contributed by atoms with E-state index in [4.69, 9.17) is 4.74 Å². The first kappa shape index (κ1) is 12.7. The number of hydrogen-bond acceptors (Lipinski definition) is 1. The van der Waals surface area contributed by atoms with Crippen molar-refractivity contribution < 1.29 is 4.74 Å². The molecule has 1 aliphatic heterocycles. The molecule has 0 saturated heterocycles. The molecule has 1 aliphatic rings. The van der Waals surface area contributed by atoms with Crippen molar-refractivity contribution in [2.45, 2.75) is 27.2 Å². The molecule has 2 rings (SSSR count). The van der Waals surface area contributed by atoms with Crippen LogP contribution >= 0.6 is 0 Å². The lowest BCUT2D eigenvalue weighted by molar-refractivity contribution is 0.356. The van der Waals surface area contributed by atoms with Crippen LogP contribution in [0, 0.1) is 0 Å². The third-order valence-electron chi connectivity index (χ3n) is 3.24. The van der Waals surface area contributed by atoms with Crippen LogP contribution in [-0.2, 0) is 0 Å². The van der Waals surface area contributed by atoms with Crippen LogP contribution in [0.3, 0.4) is 0 Å². The average molecular weight is 240 g/mol. The first-order valence-corrected chi connectivity index (χ1v) is 6.56. The highest BCUT2D eigenvalue weighted by atomic mass is 16.5. The second kappa shape index (κ2) is 5.72. The number of fused-ring (bicyclic) bond motifs is 1. The Balaban J connectivity index is 2.64. The lowest BCUT2D eigenvalue weighted by Crippen LogP contribution is -2.00. The summed E-state index contributed by atoms with van der Waals surface area (Å²) in [5.41, 5.74) is 5.04. The summed E-state index contributed by atoms with van der Waals surface area (Å²) < 4.78 is 5.91. The zero-order chi connectivity index (χ0) is 13.0. The Morgan fingerprint density at radius 2 is 1.89 bits per heavy atom. The van der Waals surface area contributed by atoms with E-state index >= 15 is 0 Å². The summed E-state index contributed by atoms with van der Waals surface area (Å²) in [5, 5.41) is 0. The molecule has 18 heavy (non-hydrogen) atoms. The van der Waals surface area contributed by atoms with Gasteiger partial charge in [0.25, 0.3) is 0 Å². The first-order chi connectivity index (χ1) is 8.81. The van der Waals surface area contributed by atoms with E-state index in [1.54, 1.807) is 0 Å². The van der Waals surface area contributed by atoms with Gasteiger partial charge in [0.1, 0.15) is 12.4 Å². The lowest BCUT2D eigenvalue weighted by atomic mass is 9.92. The molecule has 0 aliphatic carbocycles. The van der Waals surface area contributed by atoms with Crippen molar-refractivity contribution in [1.82, 2.24) is 0 Å². The van der Waals surface area contributed by atoms with Crippen molar-refractivity contribution in [3.63, 3.8) is 0 Å². The maximum atomic E-state index is 5.91. The van der Waals surface area contributed by atoms with E-state index in [-0.39, 0.29) is 0 Å². The van der Waals surface area contributed by atoms with Crippen LogP contribution < -0.4 is 4.74 Å². The van der Waals surface area contributed by atoms with Gasteiger partial charge in [-0.15, -0.1) is 0 Å². The summed E-state index contributed by atoms with van der Waals surface area (Å²) in [6, 6.07) is 8.28. The molecule has 0 atom stereocenters. The van der Waals surface area contributed by atoms with Crippen molar-refractivity contribution in [3.05, 3.63) is 59.2 Å². The topological polar surface area (TPSA) is 9.23 Å². The van der Waals surface area contributed by atoms with Gasteiger partial charge in [0, 0.05) is 5.56 Å². The zero-order valence-electron chi connectivity index (χ0n) is 11.4. The fourth-order valence-electron chi connectivity index (χ4n) is 2.37. The van der Waals surface area contributed by atoms with Crippen LogP contribution in [0.2, 0.25) is 0 Å². The molecule has 1 heteroatoms. The molecule has 1 nitrogen and oxygen atoms in total. The second-order valence-corrected chi connectivity index (χ2v) is 4.33. The highest BCUT2D eigenvalue weighted by Gasteiger charge is 2.19. The molecule has 0 radical (unpaired) electrons. The van der Waals surface area contributed by atoms with Gasteiger partial charge in [-0.2, -0.15) is 0 Å². The minimum Gasteiger partial charge on any atom is -0.488 e. The number of hydrogen-bond donors (Lipinski definition) is 0. The molecule has 0 bridgehead atoms. The fourth-order valence-corrected chi connectivity index (χ4v) is 2.37. The molecule has 1 aromatic rings. The summed E-state index contributed by atoms with van der Waals surface area (Å²) in [7, 11) is 0. The number of allylic oxidation sites excluding steroid dienone is 4. The van der Waals surface area contributed by atoms with E-state index in [2.05, 4.69) is 51.1 Å². The Bertz CT molecular complexity index is 518. The van der Waals surface area contributed by atoms with Gasteiger partial charge in [0.2, 0.25) is 0 Å². The first-order valence-electron chi connectivity index (χ1n) is 6.56. The highest BCUT2D eigenvalue weighted by Crippen LogP contribution is 2.37. The SMILES string of the molecule is C/C=C1/C(=CCC)c2ccccc2OC/C1=C/C. The molecule has 0 N–H and O–H groups in total. The zero-order valence-corrected chi connectivity index (χ0v) is 11.4. The molecule has 0 amide bonds. The van der Waals surface area contributed by atoms with Gasteiger partial charge in [-0.3, -0.25) is 0 Å². The van der Waals surface area contributed by atoms with Crippen LogP contribution in [0.25, 0.3) is 5.57 Å². The fraction of sp³-hybridized carbons (Fsp3) is 0.294. The molecule has 0 fully saturated rings. The predicted octanol–water partition coefficient (Wildman–Crippen LogP) is 4.77. The molecule has 0 unspecified atom stereocenters. The van der Waals surface area contributed by atoms with Gasteiger partial charge < -0.3 is 4.74 Å². The van der Waals surface area contributed by atoms with E-state index in [1.165, 1.54) is 22.3 Å². The maximum absolute atomic E-state index is 5.91. The third-order valence-corrected chi connectivity index (χ3v) is 3.24. The molecule has 0 spiro atoms. The Labute approximate surface area is 109 Å². The van der Waals surface area contributed by atoms with Crippen molar-refractivity contribution in [2.24, 2.45) is 0 Å². The summed E-state index contributed by atoms with van der Waals surface area (Å²) >= 11 is 0. The molecular formula is C17H20O. The van der Waals surface area contributed by atoms with Gasteiger partial charge in [-0.25, -0.2) is 0 Å². The van der Waals surface area contributed by atoms with Crippen LogP contribution in [-0.4, -0.2) is 6.61 Å². The van der Waals surface area contributed by atoms with Crippen molar-refractivity contribution in [2.75, 3.05) is 6.61 Å². The Morgan fingerprint density at radius 3 is 2.56 bits per heavy atom. The molecular weight excluding hydrogens is 220 g/mol. The molecule has 1 heterocycles. The van der Waals surface area contributed by atoms with E-state index in [9.17, 15) is 0 Å². The van der Waals surface area contributed by atoms with Crippen molar-refractivity contribution >= 4 is 5.57 Å². The minimum atomic E-state index is 0.647. The van der Waals surface area contributed by atoms with Crippen molar-refractivity contribution in [1.29, 1.82) is 0 Å². The molecule has 94 valence electrons. The third kappa shape index (κ3) is 2.26. The van der Waals surface area contributed by atoms with E-state index in [0.717, 1.165) is 12.2 Å². The molecule has 0 aromatic heterocycles.